The van der Waals surface area contributed by atoms with Crippen LogP contribution in [0, 0.1) is 0 Å². The summed E-state index contributed by atoms with van der Waals surface area (Å²) in [5.74, 6) is 1.56. The largest absolute Gasteiger partial charge is 0.497 e. The fourth-order valence-electron chi connectivity index (χ4n) is 2.87. The molecule has 3 aromatic carbocycles. The monoisotopic (exact) mass is 385 g/mol. The van der Waals surface area contributed by atoms with Crippen LogP contribution in [-0.4, -0.2) is 29.2 Å². The molecule has 5 nitrogen and oxygen atoms in total. The van der Waals surface area contributed by atoms with Gasteiger partial charge in [-0.3, -0.25) is 0 Å². The summed E-state index contributed by atoms with van der Waals surface area (Å²) in [6.07, 6.45) is 1.51. The third kappa shape index (κ3) is 4.78. The summed E-state index contributed by atoms with van der Waals surface area (Å²) >= 11 is 0. The van der Waals surface area contributed by atoms with E-state index >= 15 is 0 Å². The normalized spacial score (nSPS) is 11.5. The summed E-state index contributed by atoms with van der Waals surface area (Å²) < 4.78 is 38.1. The molecule has 27 heavy (non-hydrogen) atoms. The van der Waals surface area contributed by atoms with Crippen molar-refractivity contribution in [2.24, 2.45) is 0 Å². The molecule has 0 aliphatic carbocycles. The average Bonchev–Trinajstić information content (AvgIpc) is 2.70. The Balaban J connectivity index is 1.61. The predicted molar refractivity (Wildman–Crippen MR) is 107 cm³/mol. The van der Waals surface area contributed by atoms with Gasteiger partial charge < -0.3 is 9.47 Å². The van der Waals surface area contributed by atoms with Crippen molar-refractivity contribution in [3.8, 4) is 11.5 Å². The van der Waals surface area contributed by atoms with Gasteiger partial charge in [-0.05, 0) is 65.6 Å². The van der Waals surface area contributed by atoms with Crippen LogP contribution in [0.15, 0.2) is 65.6 Å². The Morgan fingerprint density at radius 1 is 0.815 bits per heavy atom. The van der Waals surface area contributed by atoms with E-state index in [0.29, 0.717) is 6.54 Å². The van der Waals surface area contributed by atoms with Gasteiger partial charge in [-0.15, -0.1) is 0 Å². The molecule has 0 saturated carbocycles. The van der Waals surface area contributed by atoms with Crippen molar-refractivity contribution >= 4 is 20.8 Å². The van der Waals surface area contributed by atoms with E-state index in [1.165, 1.54) is 0 Å². The number of methoxy groups -OCH3 is 2. The van der Waals surface area contributed by atoms with Gasteiger partial charge >= 0.3 is 0 Å². The average molecular weight is 385 g/mol. The summed E-state index contributed by atoms with van der Waals surface area (Å²) in [4.78, 5) is 0.268. The third-order valence-corrected chi connectivity index (χ3v) is 5.88. The first-order valence-corrected chi connectivity index (χ1v) is 10.2. The number of hydrogen-bond acceptors (Lipinski definition) is 4. The summed E-state index contributed by atoms with van der Waals surface area (Å²) in [5, 5.41) is 1.80. The van der Waals surface area contributed by atoms with Crippen LogP contribution in [0.2, 0.25) is 0 Å². The second-order valence-electron chi connectivity index (χ2n) is 6.22. The zero-order valence-electron chi connectivity index (χ0n) is 15.4. The van der Waals surface area contributed by atoms with Crippen molar-refractivity contribution in [1.29, 1.82) is 0 Å². The Bertz CT molecular complexity index is 1010. The molecular formula is C21H23NO4S. The Morgan fingerprint density at radius 3 is 2.15 bits per heavy atom. The molecule has 0 unspecified atom stereocenters. The van der Waals surface area contributed by atoms with Crippen LogP contribution < -0.4 is 14.2 Å². The van der Waals surface area contributed by atoms with E-state index < -0.39 is 10.0 Å². The lowest BCUT2D eigenvalue weighted by atomic mass is 10.1. The Labute approximate surface area is 160 Å². The first-order valence-electron chi connectivity index (χ1n) is 8.72. The standard InChI is InChI=1S/C21H23NO4S/c1-25-19-9-5-16(6-10-19)4-3-13-22-27(23,24)21-12-8-17-14-20(26-2)11-7-18(17)15-21/h5-12,14-15,22H,3-4,13H2,1-2H3. The van der Waals surface area contributed by atoms with Crippen molar-refractivity contribution in [2.45, 2.75) is 17.7 Å². The molecule has 3 aromatic rings. The van der Waals surface area contributed by atoms with E-state index in [-0.39, 0.29) is 4.90 Å². The summed E-state index contributed by atoms with van der Waals surface area (Å²) in [5.41, 5.74) is 1.15. The molecule has 0 aliphatic rings. The predicted octanol–water partition coefficient (Wildman–Crippen LogP) is 3.77. The van der Waals surface area contributed by atoms with Crippen LogP contribution >= 0.6 is 0 Å². The van der Waals surface area contributed by atoms with E-state index in [4.69, 9.17) is 9.47 Å². The molecule has 0 bridgehead atoms. The van der Waals surface area contributed by atoms with E-state index in [9.17, 15) is 8.42 Å². The molecule has 0 amide bonds. The van der Waals surface area contributed by atoms with E-state index in [1.54, 1.807) is 32.4 Å². The molecule has 0 aromatic heterocycles. The molecule has 0 atom stereocenters. The van der Waals surface area contributed by atoms with Gasteiger partial charge in [0, 0.05) is 6.54 Å². The van der Waals surface area contributed by atoms with Gasteiger partial charge in [0.2, 0.25) is 10.0 Å². The maximum absolute atomic E-state index is 12.5. The highest BCUT2D eigenvalue weighted by Crippen LogP contribution is 2.23. The molecule has 0 fully saturated rings. The van der Waals surface area contributed by atoms with E-state index in [0.717, 1.165) is 40.7 Å². The van der Waals surface area contributed by atoms with Gasteiger partial charge in [0.1, 0.15) is 11.5 Å². The van der Waals surface area contributed by atoms with Crippen LogP contribution in [0.5, 0.6) is 11.5 Å². The summed E-state index contributed by atoms with van der Waals surface area (Å²) in [6, 6.07) is 18.5. The molecule has 0 heterocycles. The number of sulfonamides is 1. The van der Waals surface area contributed by atoms with Gasteiger partial charge in [0.15, 0.2) is 0 Å². The fraction of sp³-hybridized carbons (Fsp3) is 0.238. The molecule has 142 valence electrons. The van der Waals surface area contributed by atoms with Gasteiger partial charge in [0.05, 0.1) is 19.1 Å². The number of ether oxygens (including phenoxy) is 2. The molecule has 0 radical (unpaired) electrons. The lowest BCUT2D eigenvalue weighted by Crippen LogP contribution is -2.25. The van der Waals surface area contributed by atoms with Gasteiger partial charge in [-0.2, -0.15) is 0 Å². The number of nitrogens with one attached hydrogen (secondary N) is 1. The van der Waals surface area contributed by atoms with Crippen LogP contribution in [-0.2, 0) is 16.4 Å². The first-order chi connectivity index (χ1) is 13.0. The summed E-state index contributed by atoms with van der Waals surface area (Å²) in [7, 11) is -0.295. The number of fused-ring (bicyclic) bond motifs is 1. The molecule has 0 spiro atoms. The van der Waals surface area contributed by atoms with Crippen LogP contribution in [0.4, 0.5) is 0 Å². The Morgan fingerprint density at radius 2 is 1.44 bits per heavy atom. The topological polar surface area (TPSA) is 64.6 Å². The van der Waals surface area contributed by atoms with Crippen LogP contribution in [0.3, 0.4) is 0 Å². The number of aryl methyl sites for hydroxylation is 1. The SMILES string of the molecule is COc1ccc(CCCNS(=O)(=O)c2ccc3cc(OC)ccc3c2)cc1. The molecule has 3 rings (SSSR count). The molecule has 1 N–H and O–H groups in total. The molecular weight excluding hydrogens is 362 g/mol. The number of hydrogen-bond donors (Lipinski definition) is 1. The third-order valence-electron chi connectivity index (χ3n) is 4.42. The molecule has 0 saturated heterocycles. The second-order valence-corrected chi connectivity index (χ2v) is 7.99. The van der Waals surface area contributed by atoms with Crippen molar-refractivity contribution in [3.63, 3.8) is 0 Å². The van der Waals surface area contributed by atoms with Crippen molar-refractivity contribution in [2.75, 3.05) is 20.8 Å². The fourth-order valence-corrected chi connectivity index (χ4v) is 3.98. The van der Waals surface area contributed by atoms with Crippen LogP contribution in [0.25, 0.3) is 10.8 Å². The zero-order chi connectivity index (χ0) is 19.3. The Hall–Kier alpha value is -2.57. The molecule has 0 aliphatic heterocycles. The Kier molecular flexibility index (Phi) is 5.98. The lowest BCUT2D eigenvalue weighted by molar-refractivity contribution is 0.414. The van der Waals surface area contributed by atoms with Gasteiger partial charge in [-0.1, -0.05) is 24.3 Å². The van der Waals surface area contributed by atoms with Gasteiger partial charge in [-0.25, -0.2) is 13.1 Å². The highest BCUT2D eigenvalue weighted by atomic mass is 32.2. The van der Waals surface area contributed by atoms with Gasteiger partial charge in [0.25, 0.3) is 0 Å². The first kappa shape index (κ1) is 19.2. The minimum absolute atomic E-state index is 0.268. The smallest absolute Gasteiger partial charge is 0.240 e. The van der Waals surface area contributed by atoms with E-state index in [2.05, 4.69) is 4.72 Å². The van der Waals surface area contributed by atoms with E-state index in [1.807, 2.05) is 42.5 Å². The quantitative estimate of drug-likeness (QED) is 0.600. The van der Waals surface area contributed by atoms with Crippen molar-refractivity contribution < 1.29 is 17.9 Å². The maximum atomic E-state index is 12.5. The van der Waals surface area contributed by atoms with Crippen molar-refractivity contribution in [3.05, 3.63) is 66.2 Å². The molecule has 6 heteroatoms. The van der Waals surface area contributed by atoms with Crippen LogP contribution in [0.1, 0.15) is 12.0 Å². The highest BCUT2D eigenvalue weighted by molar-refractivity contribution is 7.89. The number of benzene rings is 3. The minimum atomic E-state index is -3.53. The lowest BCUT2D eigenvalue weighted by Gasteiger charge is -2.09. The maximum Gasteiger partial charge on any atom is 0.240 e. The second kappa shape index (κ2) is 8.41. The number of rotatable bonds is 8. The zero-order valence-corrected chi connectivity index (χ0v) is 16.3. The summed E-state index contributed by atoms with van der Waals surface area (Å²) in [6.45, 7) is 0.384. The van der Waals surface area contributed by atoms with Crippen molar-refractivity contribution in [1.82, 2.24) is 4.72 Å². The highest BCUT2D eigenvalue weighted by Gasteiger charge is 2.14. The minimum Gasteiger partial charge on any atom is -0.497 e.